The Morgan fingerprint density at radius 2 is 1.78 bits per heavy atom. The largest absolute Gasteiger partial charge is 0.348 e. The number of sulfonamides is 1. The fraction of sp³-hybridized carbons (Fsp3) is 0.409. The standard InChI is InChI=1S/C22H24N4O4S2/c27-20(17-14-24-22-26(21(17)28)18-5-1-2-6-19(18)31-22)23-13-15-7-9-16(10-8-15)32(29,30)25-11-3-4-12-25/h7-10,14H,1-6,11-13H2,(H,23,27). The second kappa shape index (κ2) is 8.42. The smallest absolute Gasteiger partial charge is 0.271 e. The molecule has 1 saturated heterocycles. The van der Waals surface area contributed by atoms with Gasteiger partial charge in [0.15, 0.2) is 4.96 Å². The third-order valence-corrected chi connectivity index (χ3v) is 9.20. The lowest BCUT2D eigenvalue weighted by atomic mass is 10.0. The molecule has 10 heteroatoms. The van der Waals surface area contributed by atoms with Crippen LogP contribution in [0.25, 0.3) is 4.96 Å². The molecule has 168 valence electrons. The molecule has 1 aliphatic carbocycles. The Hall–Kier alpha value is -2.56. The Kier molecular flexibility index (Phi) is 5.60. The summed E-state index contributed by atoms with van der Waals surface area (Å²) in [6.45, 7) is 1.30. The molecule has 8 nitrogen and oxygen atoms in total. The van der Waals surface area contributed by atoms with E-state index < -0.39 is 15.9 Å². The fourth-order valence-corrected chi connectivity index (χ4v) is 7.04. The summed E-state index contributed by atoms with van der Waals surface area (Å²) < 4.78 is 28.4. The number of thiazole rings is 1. The highest BCUT2D eigenvalue weighted by molar-refractivity contribution is 7.89. The molecule has 1 aromatic carbocycles. The van der Waals surface area contributed by atoms with E-state index in [4.69, 9.17) is 0 Å². The molecule has 0 radical (unpaired) electrons. The van der Waals surface area contributed by atoms with Crippen molar-refractivity contribution in [3.8, 4) is 0 Å². The van der Waals surface area contributed by atoms with Crippen LogP contribution in [0.5, 0.6) is 0 Å². The first-order valence-electron chi connectivity index (χ1n) is 10.8. The quantitative estimate of drug-likeness (QED) is 0.614. The number of nitrogens with zero attached hydrogens (tertiary/aromatic N) is 3. The van der Waals surface area contributed by atoms with Crippen LogP contribution < -0.4 is 10.9 Å². The van der Waals surface area contributed by atoms with Crippen molar-refractivity contribution in [2.75, 3.05) is 13.1 Å². The maximum Gasteiger partial charge on any atom is 0.271 e. The van der Waals surface area contributed by atoms with E-state index in [0.717, 1.165) is 49.8 Å². The molecule has 2 aliphatic rings. The van der Waals surface area contributed by atoms with Gasteiger partial charge in [-0.05, 0) is 56.2 Å². The van der Waals surface area contributed by atoms with E-state index in [1.165, 1.54) is 26.7 Å². The number of rotatable bonds is 5. The molecule has 0 unspecified atom stereocenters. The molecule has 1 N–H and O–H groups in total. The summed E-state index contributed by atoms with van der Waals surface area (Å²) in [4.78, 5) is 32.1. The predicted octanol–water partition coefficient (Wildman–Crippen LogP) is 2.35. The van der Waals surface area contributed by atoms with Gasteiger partial charge in [0.1, 0.15) is 5.56 Å². The van der Waals surface area contributed by atoms with Crippen LogP contribution in [0.4, 0.5) is 0 Å². The van der Waals surface area contributed by atoms with Crippen molar-refractivity contribution in [3.63, 3.8) is 0 Å². The molecular formula is C22H24N4O4S2. The maximum absolute atomic E-state index is 13.0. The van der Waals surface area contributed by atoms with Gasteiger partial charge >= 0.3 is 0 Å². The number of hydrogen-bond acceptors (Lipinski definition) is 6. The number of hydrogen-bond donors (Lipinski definition) is 1. The number of aryl methyl sites for hydroxylation is 2. The summed E-state index contributed by atoms with van der Waals surface area (Å²) in [6.07, 6.45) is 7.05. The molecule has 2 aromatic heterocycles. The molecule has 1 aliphatic heterocycles. The Labute approximate surface area is 190 Å². The highest BCUT2D eigenvalue weighted by Crippen LogP contribution is 2.28. The summed E-state index contributed by atoms with van der Waals surface area (Å²) >= 11 is 1.52. The van der Waals surface area contributed by atoms with Crippen molar-refractivity contribution in [2.45, 2.75) is 50.0 Å². The first-order chi connectivity index (χ1) is 15.4. The average Bonchev–Trinajstić information content (AvgIpc) is 3.47. The van der Waals surface area contributed by atoms with Crippen molar-refractivity contribution in [2.24, 2.45) is 0 Å². The monoisotopic (exact) mass is 472 g/mol. The second-order valence-electron chi connectivity index (χ2n) is 8.21. The van der Waals surface area contributed by atoms with E-state index in [0.29, 0.717) is 18.1 Å². The molecule has 1 fully saturated rings. The van der Waals surface area contributed by atoms with E-state index in [1.54, 1.807) is 28.7 Å². The van der Waals surface area contributed by atoms with Gasteiger partial charge in [-0.3, -0.25) is 14.0 Å². The topological polar surface area (TPSA) is 101 Å². The normalized spacial score (nSPS) is 16.9. The average molecular weight is 473 g/mol. The molecule has 1 amide bonds. The van der Waals surface area contributed by atoms with Gasteiger partial charge in [0.05, 0.1) is 4.90 Å². The van der Waals surface area contributed by atoms with Crippen LogP contribution in [0, 0.1) is 0 Å². The van der Waals surface area contributed by atoms with Crippen molar-refractivity contribution < 1.29 is 13.2 Å². The van der Waals surface area contributed by atoms with Crippen LogP contribution in [0.1, 0.15) is 52.2 Å². The van der Waals surface area contributed by atoms with Gasteiger partial charge in [-0.25, -0.2) is 13.4 Å². The Balaban J connectivity index is 1.31. The van der Waals surface area contributed by atoms with Crippen LogP contribution in [0.3, 0.4) is 0 Å². The van der Waals surface area contributed by atoms with E-state index in [1.807, 2.05) is 0 Å². The van der Waals surface area contributed by atoms with Gasteiger partial charge in [0, 0.05) is 36.4 Å². The van der Waals surface area contributed by atoms with Gasteiger partial charge in [0.25, 0.3) is 11.5 Å². The van der Waals surface area contributed by atoms with Gasteiger partial charge in [0.2, 0.25) is 10.0 Å². The molecule has 0 spiro atoms. The zero-order valence-electron chi connectivity index (χ0n) is 17.5. The lowest BCUT2D eigenvalue weighted by molar-refractivity contribution is 0.0949. The molecule has 0 bridgehead atoms. The summed E-state index contributed by atoms with van der Waals surface area (Å²) in [5.41, 5.74) is 1.42. The minimum atomic E-state index is -3.46. The van der Waals surface area contributed by atoms with Gasteiger partial charge < -0.3 is 5.32 Å². The maximum atomic E-state index is 13.0. The second-order valence-corrected chi connectivity index (χ2v) is 11.2. The number of carbonyl (C=O) groups excluding carboxylic acids is 1. The Bertz CT molecular complexity index is 1340. The first-order valence-corrected chi connectivity index (χ1v) is 13.1. The lowest BCUT2D eigenvalue weighted by Gasteiger charge is -2.15. The Morgan fingerprint density at radius 1 is 1.06 bits per heavy atom. The number of carbonyl (C=O) groups is 1. The summed E-state index contributed by atoms with van der Waals surface area (Å²) in [5, 5.41) is 2.76. The van der Waals surface area contributed by atoms with Crippen molar-refractivity contribution >= 4 is 32.2 Å². The summed E-state index contributed by atoms with van der Waals surface area (Å²) in [5.74, 6) is -0.485. The minimum absolute atomic E-state index is 0.0157. The molecule has 0 saturated carbocycles. The number of amides is 1. The van der Waals surface area contributed by atoms with Crippen LogP contribution in [-0.4, -0.2) is 41.1 Å². The summed E-state index contributed by atoms with van der Waals surface area (Å²) in [6, 6.07) is 6.50. The minimum Gasteiger partial charge on any atom is -0.348 e. The number of nitrogens with one attached hydrogen (secondary N) is 1. The zero-order chi connectivity index (χ0) is 22.3. The first kappa shape index (κ1) is 21.3. The molecule has 32 heavy (non-hydrogen) atoms. The number of benzene rings is 1. The van der Waals surface area contributed by atoms with Crippen molar-refractivity contribution in [1.82, 2.24) is 19.0 Å². The highest BCUT2D eigenvalue weighted by Gasteiger charge is 2.27. The van der Waals surface area contributed by atoms with Crippen molar-refractivity contribution in [1.29, 1.82) is 0 Å². The van der Waals surface area contributed by atoms with Crippen LogP contribution in [0.15, 0.2) is 40.2 Å². The Morgan fingerprint density at radius 3 is 2.53 bits per heavy atom. The molecule has 3 aromatic rings. The third kappa shape index (κ3) is 3.76. The zero-order valence-corrected chi connectivity index (χ0v) is 19.2. The lowest BCUT2D eigenvalue weighted by Crippen LogP contribution is -2.31. The third-order valence-electron chi connectivity index (χ3n) is 6.13. The van der Waals surface area contributed by atoms with E-state index in [-0.39, 0.29) is 22.6 Å². The van der Waals surface area contributed by atoms with E-state index >= 15 is 0 Å². The van der Waals surface area contributed by atoms with Gasteiger partial charge in [-0.2, -0.15) is 4.31 Å². The van der Waals surface area contributed by atoms with Crippen LogP contribution in [-0.2, 0) is 29.4 Å². The SMILES string of the molecule is O=C(NCc1ccc(S(=O)(=O)N2CCCC2)cc1)c1cnc2sc3c(n2c1=O)CCCC3. The van der Waals surface area contributed by atoms with E-state index in [9.17, 15) is 18.0 Å². The van der Waals surface area contributed by atoms with Gasteiger partial charge in [-0.1, -0.05) is 12.1 Å². The number of aromatic nitrogens is 2. The molecule has 0 atom stereocenters. The summed E-state index contributed by atoms with van der Waals surface area (Å²) in [7, 11) is -3.46. The fourth-order valence-electron chi connectivity index (χ4n) is 4.36. The highest BCUT2D eigenvalue weighted by atomic mass is 32.2. The molecule has 3 heterocycles. The molecule has 5 rings (SSSR count). The predicted molar refractivity (Wildman–Crippen MR) is 122 cm³/mol. The van der Waals surface area contributed by atoms with Gasteiger partial charge in [-0.15, -0.1) is 11.3 Å². The van der Waals surface area contributed by atoms with Crippen LogP contribution >= 0.6 is 11.3 Å². The molecular weight excluding hydrogens is 448 g/mol. The number of fused-ring (bicyclic) bond motifs is 3. The van der Waals surface area contributed by atoms with Crippen LogP contribution in [0.2, 0.25) is 0 Å². The van der Waals surface area contributed by atoms with Crippen molar-refractivity contribution in [3.05, 3.63) is 62.5 Å². The van der Waals surface area contributed by atoms with E-state index in [2.05, 4.69) is 10.3 Å².